The molecule has 140 valence electrons. The second-order valence-corrected chi connectivity index (χ2v) is 7.11. The van der Waals surface area contributed by atoms with Crippen LogP contribution in [0.4, 0.5) is 8.78 Å². The average Bonchev–Trinajstić information content (AvgIpc) is 3.34. The van der Waals surface area contributed by atoms with Gasteiger partial charge in [-0.05, 0) is 54.8 Å². The van der Waals surface area contributed by atoms with Gasteiger partial charge in [-0.3, -0.25) is 9.98 Å². The Balaban J connectivity index is 1.46. The van der Waals surface area contributed by atoms with Crippen LogP contribution in [0.25, 0.3) is 5.57 Å². The summed E-state index contributed by atoms with van der Waals surface area (Å²) in [6.45, 7) is 0.862. The average molecular weight is 376 g/mol. The molecule has 5 rings (SSSR count). The predicted molar refractivity (Wildman–Crippen MR) is 105 cm³/mol. The molecule has 28 heavy (non-hydrogen) atoms. The molecule has 0 amide bonds. The minimum atomic E-state index is -0.520. The van der Waals surface area contributed by atoms with E-state index in [1.807, 2.05) is 18.2 Å². The summed E-state index contributed by atoms with van der Waals surface area (Å²) in [5, 5.41) is 0. The summed E-state index contributed by atoms with van der Waals surface area (Å²) in [7, 11) is 0. The van der Waals surface area contributed by atoms with Gasteiger partial charge in [-0.25, -0.2) is 9.37 Å². The molecule has 3 aliphatic heterocycles. The molecule has 1 fully saturated rings. The number of dihydropyridines is 1. The predicted octanol–water partition coefficient (Wildman–Crippen LogP) is 4.33. The van der Waals surface area contributed by atoms with E-state index in [2.05, 4.69) is 14.9 Å². The van der Waals surface area contributed by atoms with Crippen LogP contribution in [0.3, 0.4) is 0 Å². The molecule has 0 saturated carbocycles. The van der Waals surface area contributed by atoms with Gasteiger partial charge >= 0.3 is 0 Å². The molecule has 1 saturated heterocycles. The van der Waals surface area contributed by atoms with Crippen molar-refractivity contribution in [2.45, 2.75) is 24.9 Å². The van der Waals surface area contributed by atoms with Crippen LogP contribution in [0.5, 0.6) is 0 Å². The van der Waals surface area contributed by atoms with Gasteiger partial charge in [0.1, 0.15) is 17.7 Å². The smallest absolute Gasteiger partial charge is 0.213 e. The molecule has 0 bridgehead atoms. The van der Waals surface area contributed by atoms with Crippen molar-refractivity contribution >= 4 is 17.1 Å². The van der Waals surface area contributed by atoms with Crippen molar-refractivity contribution in [1.82, 2.24) is 9.88 Å². The van der Waals surface area contributed by atoms with Crippen LogP contribution in [0, 0.1) is 11.8 Å². The minimum Gasteiger partial charge on any atom is -0.350 e. The normalized spacial score (nSPS) is 23.4. The third-order valence-corrected chi connectivity index (χ3v) is 5.38. The molecule has 1 aromatic heterocycles. The number of hydrogen-bond acceptors (Lipinski definition) is 4. The standard InChI is InChI=1S/C22H18F2N4/c23-15-5-1-4-14(12-15)19-7-3-11-28(19)21-10-9-18-22(27-21)16(13-25-18)17-6-2-8-20(24)26-17/h1-2,4-6,8-10,12-13,19,22H,3,7,11H2/t19-,22?/m1/s1. The lowest BCUT2D eigenvalue weighted by molar-refractivity contribution is 0.399. The van der Waals surface area contributed by atoms with E-state index in [-0.39, 0.29) is 17.9 Å². The lowest BCUT2D eigenvalue weighted by Gasteiger charge is -2.29. The third-order valence-electron chi connectivity index (χ3n) is 5.38. The Morgan fingerprint density at radius 2 is 1.93 bits per heavy atom. The van der Waals surface area contributed by atoms with Crippen LogP contribution in [0.15, 0.2) is 70.8 Å². The molecule has 4 heterocycles. The molecule has 4 nitrogen and oxygen atoms in total. The van der Waals surface area contributed by atoms with Crippen molar-refractivity contribution in [3.8, 4) is 0 Å². The van der Waals surface area contributed by atoms with Crippen molar-refractivity contribution in [3.63, 3.8) is 0 Å². The summed E-state index contributed by atoms with van der Waals surface area (Å²) < 4.78 is 27.3. The van der Waals surface area contributed by atoms with E-state index in [0.29, 0.717) is 5.69 Å². The molecule has 0 N–H and O–H groups in total. The number of nitrogens with zero attached hydrogens (tertiary/aromatic N) is 4. The fourth-order valence-electron chi connectivity index (χ4n) is 4.10. The van der Waals surface area contributed by atoms with Gasteiger partial charge in [-0.1, -0.05) is 18.2 Å². The number of benzene rings is 1. The fraction of sp³-hybridized carbons (Fsp3) is 0.227. The van der Waals surface area contributed by atoms with E-state index in [0.717, 1.165) is 42.1 Å². The molecule has 1 unspecified atom stereocenters. The molecule has 3 aliphatic rings. The lowest BCUT2D eigenvalue weighted by atomic mass is 9.99. The Morgan fingerprint density at radius 3 is 2.79 bits per heavy atom. The molecular formula is C22H18F2N4. The van der Waals surface area contributed by atoms with Crippen molar-refractivity contribution < 1.29 is 8.78 Å². The SMILES string of the molecule is Fc1cccc([C@H]2CCCN2C2=NC3C(c4cccc(F)n4)=CN=C3C=C2)c1. The molecule has 0 aliphatic carbocycles. The van der Waals surface area contributed by atoms with Crippen molar-refractivity contribution in [1.29, 1.82) is 0 Å². The molecule has 6 heteroatoms. The van der Waals surface area contributed by atoms with E-state index in [1.54, 1.807) is 30.5 Å². The van der Waals surface area contributed by atoms with Gasteiger partial charge in [0, 0.05) is 18.3 Å². The van der Waals surface area contributed by atoms with Gasteiger partial charge in [0.05, 0.1) is 17.4 Å². The molecular weight excluding hydrogens is 358 g/mol. The van der Waals surface area contributed by atoms with Crippen LogP contribution in [0.2, 0.25) is 0 Å². The summed E-state index contributed by atoms with van der Waals surface area (Å²) >= 11 is 0. The molecule has 0 radical (unpaired) electrons. The van der Waals surface area contributed by atoms with Gasteiger partial charge in [0.2, 0.25) is 5.95 Å². The first-order chi connectivity index (χ1) is 13.7. The second-order valence-electron chi connectivity index (χ2n) is 7.11. The molecule has 1 aromatic carbocycles. The second kappa shape index (κ2) is 6.78. The van der Waals surface area contributed by atoms with Gasteiger partial charge in [-0.2, -0.15) is 4.39 Å². The maximum absolute atomic E-state index is 13.7. The number of rotatable bonds is 2. The van der Waals surface area contributed by atoms with Crippen LogP contribution >= 0.6 is 0 Å². The molecule has 2 atom stereocenters. The maximum Gasteiger partial charge on any atom is 0.213 e. The maximum atomic E-state index is 13.7. The zero-order chi connectivity index (χ0) is 19.1. The number of likely N-dealkylation sites (tertiary alicyclic amines) is 1. The highest BCUT2D eigenvalue weighted by atomic mass is 19.1. The van der Waals surface area contributed by atoms with Crippen LogP contribution in [-0.2, 0) is 0 Å². The Morgan fingerprint density at radius 1 is 1.04 bits per heavy atom. The number of amidine groups is 1. The fourth-order valence-corrected chi connectivity index (χ4v) is 4.10. The summed E-state index contributed by atoms with van der Waals surface area (Å²) in [5.41, 5.74) is 3.12. The number of fused-ring (bicyclic) bond motifs is 1. The van der Waals surface area contributed by atoms with E-state index in [9.17, 15) is 8.78 Å². The van der Waals surface area contributed by atoms with Crippen LogP contribution in [0.1, 0.15) is 30.1 Å². The summed E-state index contributed by atoms with van der Waals surface area (Å²) in [6, 6.07) is 11.3. The quantitative estimate of drug-likeness (QED) is 0.732. The van der Waals surface area contributed by atoms with Crippen LogP contribution in [-0.4, -0.2) is 34.0 Å². The van der Waals surface area contributed by atoms with E-state index < -0.39 is 5.95 Å². The summed E-state index contributed by atoms with van der Waals surface area (Å²) in [5.74, 6) is 0.103. The first-order valence-electron chi connectivity index (χ1n) is 9.38. The van der Waals surface area contributed by atoms with Crippen molar-refractivity contribution in [2.24, 2.45) is 9.98 Å². The third kappa shape index (κ3) is 2.95. The van der Waals surface area contributed by atoms with E-state index in [1.165, 1.54) is 12.1 Å². The van der Waals surface area contributed by atoms with Gasteiger partial charge < -0.3 is 4.90 Å². The van der Waals surface area contributed by atoms with Crippen LogP contribution < -0.4 is 0 Å². The Bertz CT molecular complexity index is 1050. The Kier molecular flexibility index (Phi) is 4.11. The molecule has 0 spiro atoms. The number of aromatic nitrogens is 1. The molecule has 2 aromatic rings. The first-order valence-corrected chi connectivity index (χ1v) is 9.38. The zero-order valence-corrected chi connectivity index (χ0v) is 15.1. The Labute approximate surface area is 161 Å². The highest BCUT2D eigenvalue weighted by Gasteiger charge is 2.33. The monoisotopic (exact) mass is 376 g/mol. The summed E-state index contributed by atoms with van der Waals surface area (Å²) in [4.78, 5) is 15.5. The minimum absolute atomic E-state index is 0.0960. The number of halogens is 2. The zero-order valence-electron chi connectivity index (χ0n) is 15.1. The summed E-state index contributed by atoms with van der Waals surface area (Å²) in [6.07, 6.45) is 7.61. The number of hydrogen-bond donors (Lipinski definition) is 0. The highest BCUT2D eigenvalue weighted by molar-refractivity contribution is 6.17. The van der Waals surface area contributed by atoms with E-state index >= 15 is 0 Å². The van der Waals surface area contributed by atoms with Crippen molar-refractivity contribution in [2.75, 3.05) is 6.54 Å². The van der Waals surface area contributed by atoms with Gasteiger partial charge in [0.25, 0.3) is 0 Å². The lowest BCUT2D eigenvalue weighted by Crippen LogP contribution is -2.34. The largest absolute Gasteiger partial charge is 0.350 e. The number of pyridine rings is 1. The highest BCUT2D eigenvalue weighted by Crippen LogP contribution is 2.35. The Hall–Kier alpha value is -3.15. The van der Waals surface area contributed by atoms with Gasteiger partial charge in [0.15, 0.2) is 0 Å². The van der Waals surface area contributed by atoms with E-state index in [4.69, 9.17) is 4.99 Å². The van der Waals surface area contributed by atoms with Gasteiger partial charge in [-0.15, -0.1) is 0 Å². The first kappa shape index (κ1) is 17.0. The topological polar surface area (TPSA) is 40.9 Å². The number of aliphatic imine (C=N–C) groups is 2. The van der Waals surface area contributed by atoms with Crippen molar-refractivity contribution in [3.05, 3.63) is 83.8 Å².